The second-order valence-corrected chi connectivity index (χ2v) is 3.56. The minimum atomic E-state index is -4.42. The van der Waals surface area contributed by atoms with Crippen molar-refractivity contribution in [3.05, 3.63) is 17.5 Å². The molecule has 1 rings (SSSR count). The molecular weight excluding hydrogens is 209 g/mol. The normalized spacial score (nSPS) is 14.3. The maximum atomic E-state index is 12.4. The van der Waals surface area contributed by atoms with E-state index in [1.807, 2.05) is 0 Å². The zero-order valence-corrected chi connectivity index (χ0v) is 8.54. The fourth-order valence-corrected chi connectivity index (χ4v) is 1.32. The fraction of sp³-hybridized carbons (Fsp3) is 0.667. The molecule has 0 aliphatic heterocycles. The molecule has 1 N–H and O–H groups in total. The van der Waals surface area contributed by atoms with Crippen molar-refractivity contribution in [3.63, 3.8) is 0 Å². The Kier molecular flexibility index (Phi) is 3.38. The van der Waals surface area contributed by atoms with Crippen LogP contribution >= 0.6 is 0 Å². The Bertz CT molecular complexity index is 331. The Morgan fingerprint density at radius 2 is 2.13 bits per heavy atom. The molecule has 0 aromatic carbocycles. The number of hydrogen-bond acceptors (Lipinski definition) is 2. The highest BCUT2D eigenvalue weighted by molar-refractivity contribution is 5.20. The SMILES string of the molecule is C[C@H](O)CCc1cn(C)nc1C(F)(F)F. The van der Waals surface area contributed by atoms with Crippen LogP contribution in [0.25, 0.3) is 0 Å². The number of nitrogens with zero attached hydrogens (tertiary/aromatic N) is 2. The van der Waals surface area contributed by atoms with E-state index < -0.39 is 18.0 Å². The summed E-state index contributed by atoms with van der Waals surface area (Å²) in [5, 5.41) is 12.4. The van der Waals surface area contributed by atoms with Crippen molar-refractivity contribution in [2.45, 2.75) is 32.0 Å². The summed E-state index contributed by atoms with van der Waals surface area (Å²) in [6.07, 6.45) is -3.21. The quantitative estimate of drug-likeness (QED) is 0.846. The third-order valence-electron chi connectivity index (χ3n) is 2.00. The minimum Gasteiger partial charge on any atom is -0.393 e. The number of hydrogen-bond donors (Lipinski definition) is 1. The summed E-state index contributed by atoms with van der Waals surface area (Å²) in [5.41, 5.74) is -0.725. The molecule has 1 atom stereocenters. The van der Waals surface area contributed by atoms with Gasteiger partial charge >= 0.3 is 6.18 Å². The van der Waals surface area contributed by atoms with Gasteiger partial charge in [-0.05, 0) is 19.8 Å². The first-order chi connectivity index (χ1) is 6.80. The van der Waals surface area contributed by atoms with E-state index in [1.54, 1.807) is 6.92 Å². The summed E-state index contributed by atoms with van der Waals surface area (Å²) >= 11 is 0. The van der Waals surface area contributed by atoms with Crippen molar-refractivity contribution >= 4 is 0 Å². The molecule has 86 valence electrons. The van der Waals surface area contributed by atoms with Crippen LogP contribution in [0.1, 0.15) is 24.6 Å². The average molecular weight is 222 g/mol. The van der Waals surface area contributed by atoms with E-state index in [9.17, 15) is 13.2 Å². The molecule has 0 aliphatic rings. The largest absolute Gasteiger partial charge is 0.435 e. The Balaban J connectivity index is 2.87. The van der Waals surface area contributed by atoms with Crippen LogP contribution in [-0.2, 0) is 19.6 Å². The van der Waals surface area contributed by atoms with Crippen molar-refractivity contribution in [3.8, 4) is 0 Å². The highest BCUT2D eigenvalue weighted by Gasteiger charge is 2.36. The molecule has 0 aliphatic carbocycles. The Hall–Kier alpha value is -1.04. The Morgan fingerprint density at radius 1 is 1.53 bits per heavy atom. The average Bonchev–Trinajstić information content (AvgIpc) is 2.42. The van der Waals surface area contributed by atoms with E-state index in [-0.39, 0.29) is 12.0 Å². The summed E-state index contributed by atoms with van der Waals surface area (Å²) in [6, 6.07) is 0. The maximum Gasteiger partial charge on any atom is 0.435 e. The lowest BCUT2D eigenvalue weighted by Gasteiger charge is -2.06. The predicted molar refractivity (Wildman–Crippen MR) is 48.2 cm³/mol. The first-order valence-corrected chi connectivity index (χ1v) is 4.58. The van der Waals surface area contributed by atoms with Crippen LogP contribution in [0.2, 0.25) is 0 Å². The Morgan fingerprint density at radius 3 is 2.60 bits per heavy atom. The molecule has 3 nitrogen and oxygen atoms in total. The van der Waals surface area contributed by atoms with Crippen LogP contribution in [0.3, 0.4) is 0 Å². The van der Waals surface area contributed by atoms with E-state index in [0.717, 1.165) is 4.68 Å². The van der Waals surface area contributed by atoms with E-state index in [2.05, 4.69) is 5.10 Å². The zero-order chi connectivity index (χ0) is 11.6. The molecule has 1 heterocycles. The monoisotopic (exact) mass is 222 g/mol. The second kappa shape index (κ2) is 4.22. The van der Waals surface area contributed by atoms with E-state index in [4.69, 9.17) is 5.11 Å². The molecule has 15 heavy (non-hydrogen) atoms. The van der Waals surface area contributed by atoms with E-state index >= 15 is 0 Å². The van der Waals surface area contributed by atoms with Gasteiger partial charge in [0, 0.05) is 18.8 Å². The van der Waals surface area contributed by atoms with Crippen molar-refractivity contribution in [2.75, 3.05) is 0 Å². The topological polar surface area (TPSA) is 38.0 Å². The second-order valence-electron chi connectivity index (χ2n) is 3.56. The molecule has 6 heteroatoms. The number of aryl methyl sites for hydroxylation is 2. The number of aromatic nitrogens is 2. The van der Waals surface area contributed by atoms with Crippen molar-refractivity contribution in [2.24, 2.45) is 7.05 Å². The van der Waals surface area contributed by atoms with Gasteiger partial charge in [0.25, 0.3) is 0 Å². The van der Waals surface area contributed by atoms with Gasteiger partial charge in [0.2, 0.25) is 0 Å². The molecule has 0 radical (unpaired) electrons. The van der Waals surface area contributed by atoms with E-state index in [1.165, 1.54) is 13.2 Å². The first kappa shape index (κ1) is 12.0. The molecule has 0 saturated heterocycles. The third kappa shape index (κ3) is 3.23. The number of rotatable bonds is 3. The van der Waals surface area contributed by atoms with Gasteiger partial charge in [0.15, 0.2) is 5.69 Å². The number of aliphatic hydroxyl groups excluding tert-OH is 1. The van der Waals surface area contributed by atoms with Gasteiger partial charge in [-0.25, -0.2) is 0 Å². The lowest BCUT2D eigenvalue weighted by molar-refractivity contribution is -0.142. The molecular formula is C9H13F3N2O. The molecule has 0 fully saturated rings. The zero-order valence-electron chi connectivity index (χ0n) is 8.54. The fourth-order valence-electron chi connectivity index (χ4n) is 1.32. The summed E-state index contributed by atoms with van der Waals surface area (Å²) < 4.78 is 38.5. The lowest BCUT2D eigenvalue weighted by atomic mass is 10.1. The van der Waals surface area contributed by atoms with Gasteiger partial charge in [0.05, 0.1) is 6.10 Å². The maximum absolute atomic E-state index is 12.4. The van der Waals surface area contributed by atoms with Gasteiger partial charge in [-0.2, -0.15) is 18.3 Å². The van der Waals surface area contributed by atoms with Crippen molar-refractivity contribution in [1.82, 2.24) is 9.78 Å². The van der Waals surface area contributed by atoms with Gasteiger partial charge < -0.3 is 5.11 Å². The number of halogens is 3. The summed E-state index contributed by atoms with van der Waals surface area (Å²) in [4.78, 5) is 0. The summed E-state index contributed by atoms with van der Waals surface area (Å²) in [6.45, 7) is 1.55. The molecule has 0 saturated carbocycles. The summed E-state index contributed by atoms with van der Waals surface area (Å²) in [7, 11) is 1.45. The van der Waals surface area contributed by atoms with Crippen molar-refractivity contribution < 1.29 is 18.3 Å². The molecule has 0 unspecified atom stereocenters. The number of aliphatic hydroxyl groups is 1. The molecule has 0 amide bonds. The van der Waals surface area contributed by atoms with E-state index in [0.29, 0.717) is 6.42 Å². The lowest BCUT2D eigenvalue weighted by Crippen LogP contribution is -2.10. The van der Waals surface area contributed by atoms with Crippen LogP contribution in [0.5, 0.6) is 0 Å². The summed E-state index contributed by atoms with van der Waals surface area (Å²) in [5.74, 6) is 0. The van der Waals surface area contributed by atoms with Crippen LogP contribution < -0.4 is 0 Å². The molecule has 1 aromatic heterocycles. The number of alkyl halides is 3. The first-order valence-electron chi connectivity index (χ1n) is 4.58. The van der Waals surface area contributed by atoms with Crippen molar-refractivity contribution in [1.29, 1.82) is 0 Å². The van der Waals surface area contributed by atoms with Crippen LogP contribution in [0, 0.1) is 0 Å². The van der Waals surface area contributed by atoms with Gasteiger partial charge in [-0.1, -0.05) is 0 Å². The van der Waals surface area contributed by atoms with Crippen LogP contribution in [0.15, 0.2) is 6.20 Å². The van der Waals surface area contributed by atoms with Gasteiger partial charge in [-0.15, -0.1) is 0 Å². The molecule has 1 aromatic rings. The van der Waals surface area contributed by atoms with Gasteiger partial charge in [0.1, 0.15) is 0 Å². The highest BCUT2D eigenvalue weighted by atomic mass is 19.4. The van der Waals surface area contributed by atoms with Crippen LogP contribution in [-0.4, -0.2) is 21.0 Å². The third-order valence-corrected chi connectivity index (χ3v) is 2.00. The van der Waals surface area contributed by atoms with Crippen LogP contribution in [0.4, 0.5) is 13.2 Å². The standard InChI is InChI=1S/C9H13F3N2O/c1-6(15)3-4-7-5-14(2)13-8(7)9(10,11)12/h5-6,15H,3-4H2,1-2H3/t6-/m0/s1. The smallest absolute Gasteiger partial charge is 0.393 e. The Labute approximate surface area is 85.5 Å². The predicted octanol–water partition coefficient (Wildman–Crippen LogP) is 1.75. The minimum absolute atomic E-state index is 0.130. The molecule has 0 spiro atoms. The van der Waals surface area contributed by atoms with Gasteiger partial charge in [-0.3, -0.25) is 4.68 Å². The highest BCUT2D eigenvalue weighted by Crippen LogP contribution is 2.31. The molecule has 0 bridgehead atoms.